The highest BCUT2D eigenvalue weighted by Crippen LogP contribution is 2.15. The van der Waals surface area contributed by atoms with Crippen molar-refractivity contribution in [2.75, 3.05) is 7.05 Å². The zero-order valence-corrected chi connectivity index (χ0v) is 9.78. The molecule has 0 fully saturated rings. The van der Waals surface area contributed by atoms with Gasteiger partial charge in [-0.05, 0) is 42.4 Å². The quantitative estimate of drug-likeness (QED) is 0.873. The number of nitrogens with zero attached hydrogens (tertiary/aromatic N) is 1. The lowest BCUT2D eigenvalue weighted by Gasteiger charge is -2.09. The van der Waals surface area contributed by atoms with E-state index in [2.05, 4.69) is 10.3 Å². The minimum atomic E-state index is -0.198. The fourth-order valence-electron chi connectivity index (χ4n) is 1.82. The summed E-state index contributed by atoms with van der Waals surface area (Å²) in [6.45, 7) is 0.739. The third kappa shape index (κ3) is 3.11. The molecule has 1 N–H and O–H groups in total. The predicted molar refractivity (Wildman–Crippen MR) is 66.2 cm³/mol. The van der Waals surface area contributed by atoms with Crippen molar-refractivity contribution in [1.29, 1.82) is 0 Å². The number of halogens is 1. The molecule has 1 aromatic heterocycles. The SMILES string of the molecule is CNCc1ccc(F)cc1Cc1ccccn1. The highest BCUT2D eigenvalue weighted by Gasteiger charge is 2.05. The maximum atomic E-state index is 13.2. The Morgan fingerprint density at radius 2 is 2.06 bits per heavy atom. The molecule has 0 radical (unpaired) electrons. The van der Waals surface area contributed by atoms with Gasteiger partial charge in [-0.25, -0.2) is 4.39 Å². The van der Waals surface area contributed by atoms with Crippen LogP contribution in [0.25, 0.3) is 0 Å². The highest BCUT2D eigenvalue weighted by atomic mass is 19.1. The maximum Gasteiger partial charge on any atom is 0.123 e. The van der Waals surface area contributed by atoms with Crippen molar-refractivity contribution in [2.24, 2.45) is 0 Å². The van der Waals surface area contributed by atoms with E-state index in [1.165, 1.54) is 6.07 Å². The Labute approximate surface area is 101 Å². The van der Waals surface area contributed by atoms with E-state index in [0.29, 0.717) is 6.42 Å². The van der Waals surface area contributed by atoms with Crippen LogP contribution in [0.15, 0.2) is 42.6 Å². The Balaban J connectivity index is 2.27. The fraction of sp³-hybridized carbons (Fsp3) is 0.214. The number of hydrogen-bond acceptors (Lipinski definition) is 2. The molecule has 0 bridgehead atoms. The lowest BCUT2D eigenvalue weighted by molar-refractivity contribution is 0.624. The molecule has 0 atom stereocenters. The molecule has 3 heteroatoms. The molecule has 0 saturated heterocycles. The zero-order chi connectivity index (χ0) is 12.1. The lowest BCUT2D eigenvalue weighted by atomic mass is 10.0. The van der Waals surface area contributed by atoms with Gasteiger partial charge in [0.1, 0.15) is 5.82 Å². The van der Waals surface area contributed by atoms with Gasteiger partial charge < -0.3 is 5.32 Å². The molecule has 0 aliphatic rings. The number of nitrogens with one attached hydrogen (secondary N) is 1. The molecule has 88 valence electrons. The smallest absolute Gasteiger partial charge is 0.123 e. The minimum absolute atomic E-state index is 0.198. The Bertz CT molecular complexity index is 483. The van der Waals surface area contributed by atoms with Crippen LogP contribution in [0, 0.1) is 5.82 Å². The predicted octanol–water partition coefficient (Wildman–Crippen LogP) is 2.53. The summed E-state index contributed by atoms with van der Waals surface area (Å²) >= 11 is 0. The average Bonchev–Trinajstić information content (AvgIpc) is 2.34. The summed E-state index contributed by atoms with van der Waals surface area (Å²) in [6.07, 6.45) is 2.42. The van der Waals surface area contributed by atoms with Crippen molar-refractivity contribution in [3.05, 3.63) is 65.2 Å². The molecule has 2 aromatic rings. The first-order valence-corrected chi connectivity index (χ1v) is 5.61. The van der Waals surface area contributed by atoms with Gasteiger partial charge in [0.2, 0.25) is 0 Å². The number of benzene rings is 1. The molecule has 17 heavy (non-hydrogen) atoms. The van der Waals surface area contributed by atoms with E-state index in [4.69, 9.17) is 0 Å². The molecule has 2 rings (SSSR count). The van der Waals surface area contributed by atoms with Crippen LogP contribution in [0.3, 0.4) is 0 Å². The molecule has 0 unspecified atom stereocenters. The van der Waals surface area contributed by atoms with Gasteiger partial charge in [0, 0.05) is 24.9 Å². The summed E-state index contributed by atoms with van der Waals surface area (Å²) in [6, 6.07) is 10.7. The van der Waals surface area contributed by atoms with Crippen LogP contribution in [-0.4, -0.2) is 12.0 Å². The first-order valence-electron chi connectivity index (χ1n) is 5.61. The molecule has 1 heterocycles. The van der Waals surface area contributed by atoms with Gasteiger partial charge in [0.05, 0.1) is 0 Å². The van der Waals surface area contributed by atoms with Crippen LogP contribution in [0.4, 0.5) is 4.39 Å². The normalized spacial score (nSPS) is 10.5. The van der Waals surface area contributed by atoms with Gasteiger partial charge in [0.15, 0.2) is 0 Å². The second-order valence-corrected chi connectivity index (χ2v) is 3.94. The van der Waals surface area contributed by atoms with Gasteiger partial charge in [-0.15, -0.1) is 0 Å². The second-order valence-electron chi connectivity index (χ2n) is 3.94. The molecule has 0 amide bonds. The largest absolute Gasteiger partial charge is 0.316 e. The second kappa shape index (κ2) is 5.55. The number of aromatic nitrogens is 1. The standard InChI is InChI=1S/C14H15FN2/c1-16-10-11-5-6-13(15)8-12(11)9-14-4-2-3-7-17-14/h2-8,16H,9-10H2,1H3. The Kier molecular flexibility index (Phi) is 3.83. The van der Waals surface area contributed by atoms with E-state index >= 15 is 0 Å². The molecule has 0 aliphatic carbocycles. The average molecular weight is 230 g/mol. The summed E-state index contributed by atoms with van der Waals surface area (Å²) in [5, 5.41) is 3.09. The van der Waals surface area contributed by atoms with Crippen molar-refractivity contribution in [1.82, 2.24) is 10.3 Å². The molecular weight excluding hydrogens is 215 g/mol. The van der Waals surface area contributed by atoms with E-state index in [-0.39, 0.29) is 5.82 Å². The van der Waals surface area contributed by atoms with Crippen LogP contribution in [0.2, 0.25) is 0 Å². The summed E-state index contributed by atoms with van der Waals surface area (Å²) in [5.41, 5.74) is 3.05. The van der Waals surface area contributed by atoms with E-state index in [9.17, 15) is 4.39 Å². The molecule has 0 saturated carbocycles. The molecule has 0 spiro atoms. The Hall–Kier alpha value is -1.74. The molecule has 2 nitrogen and oxygen atoms in total. The van der Waals surface area contributed by atoms with Gasteiger partial charge in [-0.3, -0.25) is 4.98 Å². The molecule has 1 aromatic carbocycles. The maximum absolute atomic E-state index is 13.2. The topological polar surface area (TPSA) is 24.9 Å². The van der Waals surface area contributed by atoms with Gasteiger partial charge in [-0.2, -0.15) is 0 Å². The van der Waals surface area contributed by atoms with Gasteiger partial charge in [-0.1, -0.05) is 12.1 Å². The summed E-state index contributed by atoms with van der Waals surface area (Å²) in [7, 11) is 1.88. The van der Waals surface area contributed by atoms with Gasteiger partial charge >= 0.3 is 0 Å². The van der Waals surface area contributed by atoms with Crippen LogP contribution in [0.5, 0.6) is 0 Å². The number of rotatable bonds is 4. The van der Waals surface area contributed by atoms with Crippen LogP contribution in [-0.2, 0) is 13.0 Å². The van der Waals surface area contributed by atoms with Crippen molar-refractivity contribution >= 4 is 0 Å². The third-order valence-electron chi connectivity index (χ3n) is 2.63. The summed E-state index contributed by atoms with van der Waals surface area (Å²) < 4.78 is 13.2. The number of pyridine rings is 1. The Morgan fingerprint density at radius 1 is 1.18 bits per heavy atom. The van der Waals surface area contributed by atoms with E-state index < -0.39 is 0 Å². The zero-order valence-electron chi connectivity index (χ0n) is 9.78. The first kappa shape index (κ1) is 11.7. The van der Waals surface area contributed by atoms with Crippen molar-refractivity contribution in [2.45, 2.75) is 13.0 Å². The third-order valence-corrected chi connectivity index (χ3v) is 2.63. The van der Waals surface area contributed by atoms with E-state index in [1.807, 2.05) is 31.3 Å². The summed E-state index contributed by atoms with van der Waals surface area (Å²) in [4.78, 5) is 4.26. The van der Waals surface area contributed by atoms with E-state index in [0.717, 1.165) is 23.4 Å². The first-order chi connectivity index (χ1) is 8.29. The molecule has 0 aliphatic heterocycles. The molecular formula is C14H15FN2. The fourth-order valence-corrected chi connectivity index (χ4v) is 1.82. The summed E-state index contributed by atoms with van der Waals surface area (Å²) in [5.74, 6) is -0.198. The van der Waals surface area contributed by atoms with Crippen LogP contribution < -0.4 is 5.32 Å². The van der Waals surface area contributed by atoms with Crippen LogP contribution >= 0.6 is 0 Å². The van der Waals surface area contributed by atoms with Crippen LogP contribution in [0.1, 0.15) is 16.8 Å². The lowest BCUT2D eigenvalue weighted by Crippen LogP contribution is -2.08. The van der Waals surface area contributed by atoms with Crippen molar-refractivity contribution in [3.8, 4) is 0 Å². The Morgan fingerprint density at radius 3 is 2.76 bits per heavy atom. The monoisotopic (exact) mass is 230 g/mol. The number of hydrogen-bond donors (Lipinski definition) is 1. The van der Waals surface area contributed by atoms with Crippen molar-refractivity contribution < 1.29 is 4.39 Å². The van der Waals surface area contributed by atoms with Crippen molar-refractivity contribution in [3.63, 3.8) is 0 Å². The van der Waals surface area contributed by atoms with Gasteiger partial charge in [0.25, 0.3) is 0 Å². The van der Waals surface area contributed by atoms with E-state index in [1.54, 1.807) is 12.3 Å². The minimum Gasteiger partial charge on any atom is -0.316 e. The highest BCUT2D eigenvalue weighted by molar-refractivity contribution is 5.31.